The Labute approximate surface area is 87.6 Å². The topological polar surface area (TPSA) is 9.23 Å². The number of hydrogen-bond acceptors (Lipinski definition) is 1. The maximum atomic E-state index is 6.06. The van der Waals surface area contributed by atoms with E-state index in [0.29, 0.717) is 0 Å². The van der Waals surface area contributed by atoms with E-state index in [1.807, 2.05) is 0 Å². The van der Waals surface area contributed by atoms with E-state index >= 15 is 0 Å². The van der Waals surface area contributed by atoms with Gasteiger partial charge in [0.2, 0.25) is 0 Å². The number of hydrogen-bond donors (Lipinski definition) is 0. The van der Waals surface area contributed by atoms with Crippen molar-refractivity contribution in [3.63, 3.8) is 0 Å². The van der Waals surface area contributed by atoms with Gasteiger partial charge in [0.25, 0.3) is 0 Å². The van der Waals surface area contributed by atoms with Gasteiger partial charge in [-0.05, 0) is 0 Å². The first-order chi connectivity index (χ1) is 5.74. The molecule has 0 amide bonds. The first kappa shape index (κ1) is 12.8. The quantitative estimate of drug-likeness (QED) is 0.432. The molecule has 0 saturated heterocycles. The van der Waals surface area contributed by atoms with Crippen molar-refractivity contribution in [2.45, 2.75) is 50.4 Å². The van der Waals surface area contributed by atoms with Crippen LogP contribution >= 0.6 is 0 Å². The second kappa shape index (κ2) is 7.20. The third-order valence-electron chi connectivity index (χ3n) is 2.84. The van der Waals surface area contributed by atoms with Gasteiger partial charge < -0.3 is 0 Å². The van der Waals surface area contributed by atoms with Crippen LogP contribution in [0.1, 0.15) is 27.2 Å². The van der Waals surface area contributed by atoms with Crippen LogP contribution in [0.5, 0.6) is 0 Å². The zero-order valence-electron chi connectivity index (χ0n) is 9.15. The van der Waals surface area contributed by atoms with Crippen LogP contribution in [-0.2, 0) is 4.43 Å². The Bertz CT molecular complexity index is 96.4. The van der Waals surface area contributed by atoms with E-state index in [0.717, 1.165) is 6.61 Å². The fraction of sp³-hybridized carbons (Fsp3) is 1.00. The van der Waals surface area contributed by atoms with Gasteiger partial charge >= 0.3 is 87.5 Å². The SMILES string of the molecule is [Li][CH2]CCO[Si](CC)(CC)CC. The fourth-order valence-corrected chi connectivity index (χ4v) is 4.18. The standard InChI is InChI=1S/C9H21OSi.Li/c1-5-9-10-11(6-2,7-3)8-4;/h1,5-9H2,2-4H3;. The molecule has 0 aliphatic carbocycles. The van der Waals surface area contributed by atoms with Gasteiger partial charge in [0.15, 0.2) is 0 Å². The summed E-state index contributed by atoms with van der Waals surface area (Å²) in [6.45, 7) is 7.85. The summed E-state index contributed by atoms with van der Waals surface area (Å²) >= 11 is 2.22. The molecule has 0 aromatic heterocycles. The van der Waals surface area contributed by atoms with Crippen LogP contribution < -0.4 is 0 Å². The van der Waals surface area contributed by atoms with Crippen LogP contribution in [0.15, 0.2) is 0 Å². The molecule has 0 spiro atoms. The van der Waals surface area contributed by atoms with Gasteiger partial charge in [0, 0.05) is 0 Å². The second-order valence-electron chi connectivity index (χ2n) is 3.45. The molecule has 0 aromatic rings. The van der Waals surface area contributed by atoms with E-state index in [9.17, 15) is 0 Å². The maximum absolute atomic E-state index is 6.06. The summed E-state index contributed by atoms with van der Waals surface area (Å²) in [6, 6.07) is 3.84. The predicted molar refractivity (Wildman–Crippen MR) is 58.3 cm³/mol. The minimum absolute atomic E-state index is 0.998. The van der Waals surface area contributed by atoms with Gasteiger partial charge in [-0.1, -0.05) is 0 Å². The Morgan fingerprint density at radius 1 is 1.08 bits per heavy atom. The molecule has 0 radical (unpaired) electrons. The van der Waals surface area contributed by atoms with Crippen molar-refractivity contribution < 1.29 is 4.43 Å². The van der Waals surface area contributed by atoms with E-state index in [4.69, 9.17) is 4.43 Å². The van der Waals surface area contributed by atoms with Crippen molar-refractivity contribution in [2.75, 3.05) is 6.61 Å². The van der Waals surface area contributed by atoms with Crippen molar-refractivity contribution in [1.82, 2.24) is 0 Å². The monoisotopic (exact) mass is 180 g/mol. The summed E-state index contributed by atoms with van der Waals surface area (Å²) in [7, 11) is -1.25. The second-order valence-corrected chi connectivity index (χ2v) is 8.22. The van der Waals surface area contributed by atoms with E-state index < -0.39 is 8.32 Å². The number of rotatable bonds is 7. The summed E-state index contributed by atoms with van der Waals surface area (Å²) in [4.78, 5) is 0. The summed E-state index contributed by atoms with van der Waals surface area (Å²) in [5.74, 6) is 0. The predicted octanol–water partition coefficient (Wildman–Crippen LogP) is 2.99. The Hall–Kier alpha value is 0.774. The summed E-state index contributed by atoms with van der Waals surface area (Å²) < 4.78 is 6.06. The van der Waals surface area contributed by atoms with Crippen molar-refractivity contribution in [1.29, 1.82) is 0 Å². The third-order valence-corrected chi connectivity index (χ3v) is 7.52. The molecule has 0 bridgehead atoms. The van der Waals surface area contributed by atoms with Gasteiger partial charge in [-0.3, -0.25) is 0 Å². The minimum atomic E-state index is -1.25. The molecule has 0 aliphatic rings. The van der Waals surface area contributed by atoms with E-state index in [-0.39, 0.29) is 0 Å². The molecule has 0 fully saturated rings. The van der Waals surface area contributed by atoms with E-state index in [2.05, 4.69) is 38.5 Å². The molecular weight excluding hydrogens is 159 g/mol. The first-order valence-corrected chi connectivity index (χ1v) is 7.91. The van der Waals surface area contributed by atoms with Crippen LogP contribution in [0.2, 0.25) is 23.2 Å². The summed E-state index contributed by atoms with van der Waals surface area (Å²) in [5, 5.41) is 1.25. The summed E-state index contributed by atoms with van der Waals surface area (Å²) in [6.07, 6.45) is 1.23. The van der Waals surface area contributed by atoms with Crippen molar-refractivity contribution in [3.8, 4) is 0 Å². The van der Waals surface area contributed by atoms with E-state index in [1.165, 1.54) is 29.6 Å². The Morgan fingerprint density at radius 2 is 1.58 bits per heavy atom. The van der Waals surface area contributed by atoms with Crippen LogP contribution in [0.4, 0.5) is 0 Å². The Balaban J connectivity index is 3.76. The van der Waals surface area contributed by atoms with Crippen LogP contribution in [-0.4, -0.2) is 32.6 Å². The van der Waals surface area contributed by atoms with Crippen LogP contribution in [0, 0.1) is 0 Å². The Kier molecular flexibility index (Phi) is 7.67. The van der Waals surface area contributed by atoms with E-state index in [1.54, 1.807) is 0 Å². The molecule has 0 heterocycles. The van der Waals surface area contributed by atoms with Crippen molar-refractivity contribution in [2.24, 2.45) is 0 Å². The average Bonchev–Trinajstić information content (AvgIpc) is 2.14. The molecule has 0 aliphatic heterocycles. The summed E-state index contributed by atoms with van der Waals surface area (Å²) in [5.41, 5.74) is 0. The van der Waals surface area contributed by atoms with Gasteiger partial charge in [0.05, 0.1) is 0 Å². The molecule has 12 heavy (non-hydrogen) atoms. The van der Waals surface area contributed by atoms with Crippen LogP contribution in [0.25, 0.3) is 0 Å². The zero-order chi connectivity index (χ0) is 9.45. The normalized spacial score (nSPS) is 12.1. The molecule has 68 valence electrons. The molecule has 0 aromatic carbocycles. The molecule has 1 nitrogen and oxygen atoms in total. The first-order valence-electron chi connectivity index (χ1n) is 5.38. The van der Waals surface area contributed by atoms with Gasteiger partial charge in [-0.25, -0.2) is 0 Å². The van der Waals surface area contributed by atoms with Crippen molar-refractivity contribution in [3.05, 3.63) is 0 Å². The van der Waals surface area contributed by atoms with Crippen molar-refractivity contribution >= 4 is 26.0 Å². The third kappa shape index (κ3) is 4.14. The zero-order valence-corrected chi connectivity index (χ0v) is 10.2. The van der Waals surface area contributed by atoms with Gasteiger partial charge in [0.1, 0.15) is 0 Å². The molecular formula is C9H21LiOSi. The van der Waals surface area contributed by atoms with Crippen LogP contribution in [0.3, 0.4) is 0 Å². The van der Waals surface area contributed by atoms with Gasteiger partial charge in [-0.2, -0.15) is 0 Å². The fourth-order valence-electron chi connectivity index (χ4n) is 1.49. The molecule has 0 N–H and O–H groups in total. The molecule has 0 saturated carbocycles. The Morgan fingerprint density at radius 3 is 1.92 bits per heavy atom. The molecule has 0 rings (SSSR count). The molecule has 0 unspecified atom stereocenters. The van der Waals surface area contributed by atoms with Gasteiger partial charge in [-0.15, -0.1) is 0 Å². The average molecular weight is 180 g/mol. The molecule has 0 atom stereocenters. The molecule has 3 heteroatoms.